The first-order chi connectivity index (χ1) is 7.54. The van der Waals surface area contributed by atoms with E-state index in [0.717, 1.165) is 22.6 Å². The van der Waals surface area contributed by atoms with Crippen LogP contribution in [0.4, 0.5) is 4.39 Å². The van der Waals surface area contributed by atoms with Gasteiger partial charge in [-0.25, -0.2) is 4.39 Å². The zero-order valence-electron chi connectivity index (χ0n) is 9.33. The summed E-state index contributed by atoms with van der Waals surface area (Å²) in [5, 5.41) is 1.76. The van der Waals surface area contributed by atoms with Crippen molar-refractivity contribution in [2.75, 3.05) is 0 Å². The third-order valence-electron chi connectivity index (χ3n) is 2.83. The maximum Gasteiger partial charge on any atom is 0.129 e. The maximum absolute atomic E-state index is 13.1. The lowest BCUT2D eigenvalue weighted by Gasteiger charge is -2.19. The second-order valence-electron chi connectivity index (χ2n) is 4.51. The van der Waals surface area contributed by atoms with Crippen LogP contribution in [0, 0.1) is 5.82 Å². The van der Waals surface area contributed by atoms with Crippen LogP contribution in [0.15, 0.2) is 36.4 Å². The number of carbonyl (C=O) groups excluding carboxylic acids is 1. The molecule has 0 N–H and O–H groups in total. The van der Waals surface area contributed by atoms with Crippen LogP contribution in [0.5, 0.6) is 0 Å². The fourth-order valence-electron chi connectivity index (χ4n) is 1.88. The molecule has 82 valence electrons. The lowest BCUT2D eigenvalue weighted by atomic mass is 9.83. The monoisotopic (exact) mass is 216 g/mol. The molecule has 2 aromatic rings. The highest BCUT2D eigenvalue weighted by atomic mass is 19.1. The summed E-state index contributed by atoms with van der Waals surface area (Å²) in [6.07, 6.45) is 0.922. The van der Waals surface area contributed by atoms with Gasteiger partial charge in [-0.05, 0) is 42.3 Å². The first kappa shape index (κ1) is 10.8. The molecule has 2 rings (SSSR count). The minimum Gasteiger partial charge on any atom is -0.302 e. The highest BCUT2D eigenvalue weighted by Gasteiger charge is 2.21. The van der Waals surface area contributed by atoms with Crippen LogP contribution in [0.25, 0.3) is 10.8 Å². The summed E-state index contributed by atoms with van der Waals surface area (Å²) in [6, 6.07) is 10.2. The Morgan fingerprint density at radius 1 is 1.19 bits per heavy atom. The van der Waals surface area contributed by atoms with Gasteiger partial charge in [0.15, 0.2) is 0 Å². The fraction of sp³-hybridized carbons (Fsp3) is 0.214. The minimum absolute atomic E-state index is 0.256. The number of carbonyl (C=O) groups is 1. The van der Waals surface area contributed by atoms with Crippen LogP contribution in [0.1, 0.15) is 19.4 Å². The molecule has 0 atom stereocenters. The molecule has 0 aliphatic rings. The number of halogens is 1. The Labute approximate surface area is 93.9 Å². The molecule has 0 amide bonds. The molecule has 0 saturated heterocycles. The van der Waals surface area contributed by atoms with Crippen LogP contribution in [-0.2, 0) is 10.2 Å². The molecular weight excluding hydrogens is 203 g/mol. The predicted molar refractivity (Wildman–Crippen MR) is 63.0 cm³/mol. The van der Waals surface area contributed by atoms with Gasteiger partial charge in [0.05, 0.1) is 0 Å². The van der Waals surface area contributed by atoms with E-state index in [9.17, 15) is 9.18 Å². The molecule has 0 aliphatic carbocycles. The molecule has 0 fully saturated rings. The van der Waals surface area contributed by atoms with Crippen molar-refractivity contribution >= 4 is 17.1 Å². The van der Waals surface area contributed by atoms with Crippen LogP contribution in [-0.4, -0.2) is 6.29 Å². The number of hydrogen-bond donors (Lipinski definition) is 0. The molecule has 2 aromatic carbocycles. The Bertz CT molecular complexity index is 543. The largest absolute Gasteiger partial charge is 0.302 e. The first-order valence-corrected chi connectivity index (χ1v) is 5.20. The molecule has 0 radical (unpaired) electrons. The van der Waals surface area contributed by atoms with Crippen molar-refractivity contribution in [1.82, 2.24) is 0 Å². The van der Waals surface area contributed by atoms with Crippen LogP contribution < -0.4 is 0 Å². The molecule has 2 heteroatoms. The van der Waals surface area contributed by atoms with Gasteiger partial charge in [-0.2, -0.15) is 0 Å². The first-order valence-electron chi connectivity index (χ1n) is 5.20. The van der Waals surface area contributed by atoms with Crippen molar-refractivity contribution in [2.45, 2.75) is 19.3 Å². The number of rotatable bonds is 2. The van der Waals surface area contributed by atoms with Gasteiger partial charge in [0.1, 0.15) is 12.1 Å². The van der Waals surface area contributed by atoms with Gasteiger partial charge in [0, 0.05) is 5.41 Å². The van der Waals surface area contributed by atoms with E-state index in [1.165, 1.54) is 12.1 Å². The number of benzene rings is 2. The lowest BCUT2D eigenvalue weighted by molar-refractivity contribution is -0.111. The Morgan fingerprint density at radius 2 is 1.94 bits per heavy atom. The Balaban J connectivity index is 2.76. The standard InChI is InChI=1S/C14H13FO/c1-14(2,9-16)13-5-3-4-10-8-11(15)6-7-12(10)13/h3-9H,1-2H3. The number of fused-ring (bicyclic) bond motifs is 1. The molecule has 0 saturated carbocycles. The average Bonchev–Trinajstić information content (AvgIpc) is 2.27. The van der Waals surface area contributed by atoms with Crippen molar-refractivity contribution in [1.29, 1.82) is 0 Å². The van der Waals surface area contributed by atoms with E-state index in [2.05, 4.69) is 0 Å². The summed E-state index contributed by atoms with van der Waals surface area (Å²) in [6.45, 7) is 3.72. The second kappa shape index (κ2) is 3.71. The predicted octanol–water partition coefficient (Wildman–Crippen LogP) is 3.46. The van der Waals surface area contributed by atoms with E-state index in [1.54, 1.807) is 6.07 Å². The van der Waals surface area contributed by atoms with E-state index < -0.39 is 5.41 Å². The summed E-state index contributed by atoms with van der Waals surface area (Å²) in [5.74, 6) is -0.256. The molecular formula is C14H13FO. The lowest BCUT2D eigenvalue weighted by Crippen LogP contribution is -2.18. The van der Waals surface area contributed by atoms with Gasteiger partial charge in [-0.3, -0.25) is 0 Å². The van der Waals surface area contributed by atoms with Crippen molar-refractivity contribution in [3.8, 4) is 0 Å². The van der Waals surface area contributed by atoms with E-state index in [0.29, 0.717) is 0 Å². The van der Waals surface area contributed by atoms with Gasteiger partial charge in [0.25, 0.3) is 0 Å². The molecule has 0 aliphatic heterocycles. The number of hydrogen-bond acceptors (Lipinski definition) is 1. The van der Waals surface area contributed by atoms with Gasteiger partial charge in [0.2, 0.25) is 0 Å². The molecule has 0 heterocycles. The summed E-state index contributed by atoms with van der Waals surface area (Å²) in [5.41, 5.74) is 0.386. The fourth-order valence-corrected chi connectivity index (χ4v) is 1.88. The van der Waals surface area contributed by atoms with Gasteiger partial charge in [-0.15, -0.1) is 0 Å². The normalized spacial score (nSPS) is 11.7. The molecule has 1 nitrogen and oxygen atoms in total. The van der Waals surface area contributed by atoms with E-state index in [4.69, 9.17) is 0 Å². The zero-order chi connectivity index (χ0) is 11.8. The van der Waals surface area contributed by atoms with Crippen molar-refractivity contribution < 1.29 is 9.18 Å². The van der Waals surface area contributed by atoms with Gasteiger partial charge >= 0.3 is 0 Å². The van der Waals surface area contributed by atoms with Crippen LogP contribution >= 0.6 is 0 Å². The van der Waals surface area contributed by atoms with Crippen LogP contribution in [0.2, 0.25) is 0 Å². The number of aldehydes is 1. The highest BCUT2D eigenvalue weighted by molar-refractivity contribution is 5.89. The summed E-state index contributed by atoms with van der Waals surface area (Å²) in [7, 11) is 0. The van der Waals surface area contributed by atoms with Gasteiger partial charge < -0.3 is 4.79 Å². The molecule has 0 aromatic heterocycles. The molecule has 0 spiro atoms. The van der Waals surface area contributed by atoms with Crippen molar-refractivity contribution in [3.05, 3.63) is 47.8 Å². The SMILES string of the molecule is CC(C)(C=O)c1cccc2cc(F)ccc12. The third kappa shape index (κ3) is 1.71. The quantitative estimate of drug-likeness (QED) is 0.702. The minimum atomic E-state index is -0.544. The van der Waals surface area contributed by atoms with E-state index in [1.807, 2.05) is 32.0 Å². The Kier molecular flexibility index (Phi) is 2.50. The Hall–Kier alpha value is -1.70. The summed E-state index contributed by atoms with van der Waals surface area (Å²) < 4.78 is 13.1. The summed E-state index contributed by atoms with van der Waals surface area (Å²) in [4.78, 5) is 11.1. The van der Waals surface area contributed by atoms with Crippen LogP contribution in [0.3, 0.4) is 0 Å². The Morgan fingerprint density at radius 3 is 2.62 bits per heavy atom. The van der Waals surface area contributed by atoms with E-state index in [-0.39, 0.29) is 5.82 Å². The van der Waals surface area contributed by atoms with Gasteiger partial charge in [-0.1, -0.05) is 24.3 Å². The molecule has 16 heavy (non-hydrogen) atoms. The molecule has 0 bridgehead atoms. The average molecular weight is 216 g/mol. The molecule has 0 unspecified atom stereocenters. The topological polar surface area (TPSA) is 17.1 Å². The maximum atomic E-state index is 13.1. The zero-order valence-corrected chi connectivity index (χ0v) is 9.33. The second-order valence-corrected chi connectivity index (χ2v) is 4.51. The highest BCUT2D eigenvalue weighted by Crippen LogP contribution is 2.29. The third-order valence-corrected chi connectivity index (χ3v) is 2.83. The summed E-state index contributed by atoms with van der Waals surface area (Å²) >= 11 is 0. The van der Waals surface area contributed by atoms with Crippen molar-refractivity contribution in [2.24, 2.45) is 0 Å². The smallest absolute Gasteiger partial charge is 0.129 e. The van der Waals surface area contributed by atoms with E-state index >= 15 is 0 Å². The van der Waals surface area contributed by atoms with Crippen molar-refractivity contribution in [3.63, 3.8) is 0 Å².